The lowest BCUT2D eigenvalue weighted by atomic mass is 10.0. The third kappa shape index (κ3) is 6.02. The van der Waals surface area contributed by atoms with E-state index >= 15 is 0 Å². The van der Waals surface area contributed by atoms with Gasteiger partial charge in [0.05, 0.1) is 18.8 Å². The first-order chi connectivity index (χ1) is 6.26. The Kier molecular flexibility index (Phi) is 8.40. The van der Waals surface area contributed by atoms with Gasteiger partial charge in [-0.3, -0.25) is 0 Å². The van der Waals surface area contributed by atoms with Crippen LogP contribution in [-0.4, -0.2) is 23.9 Å². The molecule has 80 valence electrons. The van der Waals surface area contributed by atoms with Crippen molar-refractivity contribution in [2.45, 2.75) is 58.6 Å². The number of aliphatic hydroxyl groups excluding tert-OH is 1. The van der Waals surface area contributed by atoms with Crippen molar-refractivity contribution >= 4 is 0 Å². The molecule has 0 spiro atoms. The SMILES string of the molecule is CCCCC(O)C(CC)NOCC. The summed E-state index contributed by atoms with van der Waals surface area (Å²) >= 11 is 0. The van der Waals surface area contributed by atoms with Crippen molar-refractivity contribution < 1.29 is 9.94 Å². The highest BCUT2D eigenvalue weighted by molar-refractivity contribution is 4.70. The van der Waals surface area contributed by atoms with Crippen LogP contribution < -0.4 is 5.48 Å². The largest absolute Gasteiger partial charge is 0.391 e. The lowest BCUT2D eigenvalue weighted by Gasteiger charge is -2.21. The highest BCUT2D eigenvalue weighted by Gasteiger charge is 2.15. The number of aliphatic hydroxyl groups is 1. The molecule has 0 rings (SSSR count). The van der Waals surface area contributed by atoms with E-state index in [4.69, 9.17) is 4.84 Å². The molecule has 0 aliphatic heterocycles. The molecule has 0 aliphatic rings. The van der Waals surface area contributed by atoms with Gasteiger partial charge in [0.1, 0.15) is 0 Å². The molecule has 0 radical (unpaired) electrons. The molecule has 2 atom stereocenters. The number of hydrogen-bond donors (Lipinski definition) is 2. The van der Waals surface area contributed by atoms with Gasteiger partial charge in [-0.25, -0.2) is 0 Å². The van der Waals surface area contributed by atoms with Crippen LogP contribution >= 0.6 is 0 Å². The summed E-state index contributed by atoms with van der Waals surface area (Å²) in [6, 6.07) is 0.0755. The zero-order chi connectivity index (χ0) is 10.1. The molecule has 3 heteroatoms. The Morgan fingerprint density at radius 2 is 2.00 bits per heavy atom. The highest BCUT2D eigenvalue weighted by atomic mass is 16.6. The molecule has 0 aliphatic carbocycles. The first-order valence-electron chi connectivity index (χ1n) is 5.31. The predicted molar refractivity (Wildman–Crippen MR) is 54.4 cm³/mol. The van der Waals surface area contributed by atoms with Crippen molar-refractivity contribution in [3.63, 3.8) is 0 Å². The van der Waals surface area contributed by atoms with E-state index in [1.807, 2.05) is 13.8 Å². The fraction of sp³-hybridized carbons (Fsp3) is 1.00. The highest BCUT2D eigenvalue weighted by Crippen LogP contribution is 2.07. The van der Waals surface area contributed by atoms with Crippen molar-refractivity contribution in [3.8, 4) is 0 Å². The fourth-order valence-corrected chi connectivity index (χ4v) is 1.24. The first kappa shape index (κ1) is 12.9. The molecule has 2 unspecified atom stereocenters. The van der Waals surface area contributed by atoms with Gasteiger partial charge >= 0.3 is 0 Å². The molecular weight excluding hydrogens is 166 g/mol. The topological polar surface area (TPSA) is 41.5 Å². The molecule has 0 bridgehead atoms. The lowest BCUT2D eigenvalue weighted by molar-refractivity contribution is -0.0207. The van der Waals surface area contributed by atoms with Crippen molar-refractivity contribution in [2.75, 3.05) is 6.61 Å². The Bertz CT molecular complexity index is 109. The minimum atomic E-state index is -0.281. The summed E-state index contributed by atoms with van der Waals surface area (Å²) in [5.41, 5.74) is 2.88. The summed E-state index contributed by atoms with van der Waals surface area (Å²) in [6.45, 7) is 6.74. The Balaban J connectivity index is 3.63. The zero-order valence-corrected chi connectivity index (χ0v) is 9.05. The van der Waals surface area contributed by atoms with Gasteiger partial charge in [0.25, 0.3) is 0 Å². The Labute approximate surface area is 81.4 Å². The first-order valence-corrected chi connectivity index (χ1v) is 5.31. The molecule has 2 N–H and O–H groups in total. The smallest absolute Gasteiger partial charge is 0.0715 e. The van der Waals surface area contributed by atoms with E-state index in [2.05, 4.69) is 12.4 Å². The third-order valence-corrected chi connectivity index (χ3v) is 2.14. The molecule has 0 saturated heterocycles. The number of unbranched alkanes of at least 4 members (excludes halogenated alkanes) is 1. The summed E-state index contributed by atoms with van der Waals surface area (Å²) in [4.78, 5) is 5.08. The minimum Gasteiger partial charge on any atom is -0.391 e. The van der Waals surface area contributed by atoms with Gasteiger partial charge in [-0.05, 0) is 19.8 Å². The Hall–Kier alpha value is -0.120. The van der Waals surface area contributed by atoms with E-state index in [9.17, 15) is 5.11 Å². The van der Waals surface area contributed by atoms with Crippen LogP contribution in [0.5, 0.6) is 0 Å². The lowest BCUT2D eigenvalue weighted by Crippen LogP contribution is -2.39. The quantitative estimate of drug-likeness (QED) is 0.573. The van der Waals surface area contributed by atoms with Crippen LogP contribution in [0.2, 0.25) is 0 Å². The van der Waals surface area contributed by atoms with Gasteiger partial charge in [-0.2, -0.15) is 5.48 Å². The summed E-state index contributed by atoms with van der Waals surface area (Å²) in [7, 11) is 0. The number of nitrogens with one attached hydrogen (secondary N) is 1. The van der Waals surface area contributed by atoms with Crippen LogP contribution in [-0.2, 0) is 4.84 Å². The maximum atomic E-state index is 9.72. The van der Waals surface area contributed by atoms with Gasteiger partial charge in [0, 0.05) is 0 Å². The van der Waals surface area contributed by atoms with E-state index in [0.29, 0.717) is 6.61 Å². The van der Waals surface area contributed by atoms with E-state index in [1.54, 1.807) is 0 Å². The van der Waals surface area contributed by atoms with E-state index in [1.165, 1.54) is 0 Å². The molecule has 0 heterocycles. The van der Waals surface area contributed by atoms with Crippen LogP contribution in [0.25, 0.3) is 0 Å². The van der Waals surface area contributed by atoms with E-state index < -0.39 is 0 Å². The molecular formula is C10H23NO2. The van der Waals surface area contributed by atoms with Crippen LogP contribution in [0, 0.1) is 0 Å². The summed E-state index contributed by atoms with van der Waals surface area (Å²) in [6.07, 6.45) is 3.67. The summed E-state index contributed by atoms with van der Waals surface area (Å²) < 4.78 is 0. The van der Waals surface area contributed by atoms with Crippen molar-refractivity contribution in [1.82, 2.24) is 5.48 Å². The average Bonchev–Trinajstić information content (AvgIpc) is 2.16. The van der Waals surface area contributed by atoms with Crippen LogP contribution in [0.4, 0.5) is 0 Å². The molecule has 0 fully saturated rings. The van der Waals surface area contributed by atoms with Crippen molar-refractivity contribution in [2.24, 2.45) is 0 Å². The third-order valence-electron chi connectivity index (χ3n) is 2.14. The zero-order valence-electron chi connectivity index (χ0n) is 9.05. The number of hydrogen-bond acceptors (Lipinski definition) is 3. The second-order valence-corrected chi connectivity index (χ2v) is 3.28. The predicted octanol–water partition coefficient (Wildman–Crippen LogP) is 1.86. The standard InChI is InChI=1S/C10H23NO2/c1-4-7-8-10(12)9(5-2)11-13-6-3/h9-12H,4-8H2,1-3H3. The molecule has 0 amide bonds. The minimum absolute atomic E-state index is 0.0755. The fourth-order valence-electron chi connectivity index (χ4n) is 1.24. The van der Waals surface area contributed by atoms with Gasteiger partial charge in [-0.15, -0.1) is 0 Å². The van der Waals surface area contributed by atoms with Crippen molar-refractivity contribution in [3.05, 3.63) is 0 Å². The van der Waals surface area contributed by atoms with Crippen LogP contribution in [0.3, 0.4) is 0 Å². The molecule has 0 aromatic rings. The maximum absolute atomic E-state index is 9.72. The van der Waals surface area contributed by atoms with E-state index in [-0.39, 0.29) is 12.1 Å². The second-order valence-electron chi connectivity index (χ2n) is 3.28. The second kappa shape index (κ2) is 8.48. The summed E-state index contributed by atoms with van der Waals surface area (Å²) in [5, 5.41) is 9.72. The van der Waals surface area contributed by atoms with Crippen molar-refractivity contribution in [1.29, 1.82) is 0 Å². The summed E-state index contributed by atoms with van der Waals surface area (Å²) in [5.74, 6) is 0. The van der Waals surface area contributed by atoms with Gasteiger partial charge in [0.2, 0.25) is 0 Å². The Morgan fingerprint density at radius 1 is 1.31 bits per heavy atom. The molecule has 3 nitrogen and oxygen atoms in total. The average molecular weight is 189 g/mol. The molecule has 0 aromatic heterocycles. The molecule has 13 heavy (non-hydrogen) atoms. The van der Waals surface area contributed by atoms with E-state index in [0.717, 1.165) is 25.7 Å². The monoisotopic (exact) mass is 189 g/mol. The number of rotatable bonds is 8. The normalized spacial score (nSPS) is 15.7. The van der Waals surface area contributed by atoms with Crippen LogP contribution in [0.1, 0.15) is 46.5 Å². The van der Waals surface area contributed by atoms with Gasteiger partial charge < -0.3 is 9.94 Å². The molecule has 0 aromatic carbocycles. The number of hydroxylamine groups is 1. The maximum Gasteiger partial charge on any atom is 0.0715 e. The molecule has 0 saturated carbocycles. The van der Waals surface area contributed by atoms with Gasteiger partial charge in [-0.1, -0.05) is 26.7 Å². The van der Waals surface area contributed by atoms with Crippen LogP contribution in [0.15, 0.2) is 0 Å². The van der Waals surface area contributed by atoms with Gasteiger partial charge in [0.15, 0.2) is 0 Å². The Morgan fingerprint density at radius 3 is 2.46 bits per heavy atom.